The Morgan fingerprint density at radius 1 is 1.44 bits per heavy atom. The van der Waals surface area contributed by atoms with Crippen molar-refractivity contribution in [3.05, 3.63) is 30.1 Å². The van der Waals surface area contributed by atoms with Crippen LogP contribution in [0.1, 0.15) is 5.56 Å². The minimum Gasteiger partial charge on any atom is -0.346 e. The second-order valence-corrected chi connectivity index (χ2v) is 3.70. The lowest BCUT2D eigenvalue weighted by Crippen LogP contribution is -2.22. The molecule has 0 saturated carbocycles. The third kappa shape index (κ3) is 2.54. The number of rotatable bonds is 5. The van der Waals surface area contributed by atoms with Crippen LogP contribution in [0, 0.1) is 0 Å². The summed E-state index contributed by atoms with van der Waals surface area (Å²) in [5.74, 6) is 0.568. The van der Waals surface area contributed by atoms with Crippen molar-refractivity contribution in [2.45, 2.75) is 0 Å². The van der Waals surface area contributed by atoms with Crippen LogP contribution < -0.4 is 10.7 Å². The number of nitrogens with zero attached hydrogens (tertiary/aromatic N) is 3. The van der Waals surface area contributed by atoms with Crippen molar-refractivity contribution in [1.82, 2.24) is 20.7 Å². The monoisotopic (exact) mass is 244 g/mol. The average Bonchev–Trinajstić information content (AvgIpc) is 2.87. The van der Waals surface area contributed by atoms with Crippen molar-refractivity contribution in [3.63, 3.8) is 0 Å². The first-order valence-corrected chi connectivity index (χ1v) is 5.71. The smallest absolute Gasteiger partial charge is 0.179 e. The van der Waals surface area contributed by atoms with Gasteiger partial charge in [-0.05, 0) is 25.9 Å². The molecule has 0 fully saturated rings. The van der Waals surface area contributed by atoms with E-state index in [2.05, 4.69) is 37.5 Å². The number of amidine groups is 1. The van der Waals surface area contributed by atoms with Gasteiger partial charge in [0.05, 0.1) is 0 Å². The van der Waals surface area contributed by atoms with Crippen molar-refractivity contribution in [1.29, 1.82) is 0 Å². The van der Waals surface area contributed by atoms with Gasteiger partial charge in [-0.3, -0.25) is 0 Å². The van der Waals surface area contributed by atoms with Crippen LogP contribution in [0.4, 0.5) is 0 Å². The number of likely N-dealkylation sites (N-methyl/N-ethyl adjacent to an activating group) is 1. The van der Waals surface area contributed by atoms with Crippen LogP contribution in [-0.4, -0.2) is 42.7 Å². The Kier molecular flexibility index (Phi) is 4.03. The predicted molar refractivity (Wildman–Crippen MR) is 74.1 cm³/mol. The molecule has 0 unspecified atom stereocenters. The molecule has 0 spiro atoms. The summed E-state index contributed by atoms with van der Waals surface area (Å²) in [4.78, 5) is 11.2. The number of H-pyrrole nitrogens is 1. The fourth-order valence-corrected chi connectivity index (χ4v) is 1.65. The molecule has 0 atom stereocenters. The summed E-state index contributed by atoms with van der Waals surface area (Å²) >= 11 is 0. The van der Waals surface area contributed by atoms with Crippen LogP contribution in [0.15, 0.2) is 34.6 Å². The number of hydrogen-bond donors (Lipinski definition) is 3. The molecule has 18 heavy (non-hydrogen) atoms. The molecule has 3 N–H and O–H groups in total. The van der Waals surface area contributed by atoms with E-state index in [1.807, 2.05) is 25.4 Å². The predicted octanol–water partition coefficient (Wildman–Crippen LogP) is 0.734. The Morgan fingerprint density at radius 2 is 2.33 bits per heavy atom. The molecule has 2 rings (SSSR count). The average molecular weight is 244 g/mol. The second-order valence-electron chi connectivity index (χ2n) is 3.70. The Morgan fingerprint density at radius 3 is 3.11 bits per heavy atom. The zero-order valence-corrected chi connectivity index (χ0v) is 10.3. The summed E-state index contributed by atoms with van der Waals surface area (Å²) < 4.78 is 0. The number of fused-ring (bicyclic) bond motifs is 1. The minimum atomic E-state index is 0.568. The molecule has 2 aromatic heterocycles. The molecule has 0 aliphatic rings. The van der Waals surface area contributed by atoms with E-state index >= 15 is 0 Å². The first kappa shape index (κ1) is 12.3. The summed E-state index contributed by atoms with van der Waals surface area (Å²) in [5, 5.41) is 8.25. The lowest BCUT2D eigenvalue weighted by Gasteiger charge is -2.04. The molecule has 2 aromatic rings. The molecule has 0 bridgehead atoms. The Bertz CT molecular complexity index is 556. The summed E-state index contributed by atoms with van der Waals surface area (Å²) in [6, 6.07) is 3.83. The first-order valence-electron chi connectivity index (χ1n) is 5.71. The van der Waals surface area contributed by atoms with Crippen molar-refractivity contribution < 1.29 is 0 Å². The maximum atomic E-state index is 4.24. The number of aliphatic imine (C=N–C) groups is 1. The van der Waals surface area contributed by atoms with E-state index < -0.39 is 0 Å². The Balaban J connectivity index is 2.26. The van der Waals surface area contributed by atoms with Crippen molar-refractivity contribution in [2.24, 2.45) is 10.1 Å². The van der Waals surface area contributed by atoms with Gasteiger partial charge < -0.3 is 15.7 Å². The molecular weight excluding hydrogens is 228 g/mol. The first-order chi connectivity index (χ1) is 8.86. The van der Waals surface area contributed by atoms with Gasteiger partial charge in [0.2, 0.25) is 0 Å². The van der Waals surface area contributed by atoms with E-state index in [0.29, 0.717) is 5.84 Å². The van der Waals surface area contributed by atoms with Crippen molar-refractivity contribution in [2.75, 3.05) is 20.1 Å². The van der Waals surface area contributed by atoms with Crippen molar-refractivity contribution in [3.8, 4) is 0 Å². The summed E-state index contributed by atoms with van der Waals surface area (Å²) in [5.41, 5.74) is 4.68. The molecule has 6 heteroatoms. The molecule has 2 heterocycles. The fraction of sp³-hybridized carbons (Fsp3) is 0.250. The van der Waals surface area contributed by atoms with Crippen LogP contribution in [-0.2, 0) is 0 Å². The molecule has 0 radical (unpaired) electrons. The highest BCUT2D eigenvalue weighted by Gasteiger charge is 2.07. The molecule has 0 amide bonds. The van der Waals surface area contributed by atoms with E-state index in [1.165, 1.54) is 0 Å². The molecular formula is C12H16N6. The van der Waals surface area contributed by atoms with E-state index in [9.17, 15) is 0 Å². The van der Waals surface area contributed by atoms with Gasteiger partial charge in [0, 0.05) is 36.4 Å². The highest BCUT2D eigenvalue weighted by atomic mass is 15.3. The number of aromatic amines is 1. The van der Waals surface area contributed by atoms with Crippen LogP contribution >= 0.6 is 0 Å². The van der Waals surface area contributed by atoms with Crippen LogP contribution in [0.5, 0.6) is 0 Å². The maximum Gasteiger partial charge on any atom is 0.179 e. The Hall–Kier alpha value is -2.21. The molecule has 0 aliphatic heterocycles. The van der Waals surface area contributed by atoms with E-state index in [4.69, 9.17) is 0 Å². The van der Waals surface area contributed by atoms with Crippen LogP contribution in [0.25, 0.3) is 11.0 Å². The summed E-state index contributed by atoms with van der Waals surface area (Å²) in [6.07, 6.45) is 3.57. The summed E-state index contributed by atoms with van der Waals surface area (Å²) in [7, 11) is 1.89. The number of nitrogens with one attached hydrogen (secondary N) is 3. The molecule has 0 saturated heterocycles. The second kappa shape index (κ2) is 5.92. The zero-order chi connectivity index (χ0) is 12.8. The third-order valence-corrected chi connectivity index (χ3v) is 2.52. The van der Waals surface area contributed by atoms with Gasteiger partial charge in [-0.1, -0.05) is 0 Å². The SMILES string of the molecule is C=N/C(=N\NCCNC)c1ccnc2[nH]ccc12. The van der Waals surface area contributed by atoms with Gasteiger partial charge in [-0.15, -0.1) is 0 Å². The van der Waals surface area contributed by atoms with Crippen LogP contribution in [0.2, 0.25) is 0 Å². The quantitative estimate of drug-likeness (QED) is 0.314. The lowest BCUT2D eigenvalue weighted by atomic mass is 10.2. The van der Waals surface area contributed by atoms with E-state index in [0.717, 1.165) is 29.7 Å². The van der Waals surface area contributed by atoms with E-state index in [1.54, 1.807) is 6.20 Å². The van der Waals surface area contributed by atoms with Gasteiger partial charge in [0.25, 0.3) is 0 Å². The van der Waals surface area contributed by atoms with Gasteiger partial charge >= 0.3 is 0 Å². The minimum absolute atomic E-state index is 0.568. The molecule has 0 aliphatic carbocycles. The maximum absolute atomic E-state index is 4.24. The standard InChI is InChI=1S/C12H16N6/c1-13-7-8-17-18-11(14-2)9-3-5-15-12-10(9)4-6-16-12/h3-6,13,17H,2,7-8H2,1H3,(H,15,16)/b18-11-. The molecule has 0 aromatic carbocycles. The lowest BCUT2D eigenvalue weighted by molar-refractivity contribution is 0.680. The Labute approximate surface area is 105 Å². The number of hydrazone groups is 1. The van der Waals surface area contributed by atoms with E-state index in [-0.39, 0.29) is 0 Å². The third-order valence-electron chi connectivity index (χ3n) is 2.52. The molecule has 6 nitrogen and oxygen atoms in total. The normalized spacial score (nSPS) is 11.7. The topological polar surface area (TPSA) is 77.5 Å². The van der Waals surface area contributed by atoms with Crippen LogP contribution in [0.3, 0.4) is 0 Å². The van der Waals surface area contributed by atoms with Gasteiger partial charge in [-0.25, -0.2) is 9.98 Å². The number of hydrogen-bond acceptors (Lipinski definition) is 4. The van der Waals surface area contributed by atoms with Gasteiger partial charge in [0.1, 0.15) is 5.65 Å². The fourth-order valence-electron chi connectivity index (χ4n) is 1.65. The summed E-state index contributed by atoms with van der Waals surface area (Å²) in [6.45, 7) is 5.13. The zero-order valence-electron chi connectivity index (χ0n) is 10.3. The highest BCUT2D eigenvalue weighted by molar-refractivity contribution is 6.09. The number of pyridine rings is 1. The van der Waals surface area contributed by atoms with Gasteiger partial charge in [0.15, 0.2) is 5.84 Å². The number of aromatic nitrogens is 2. The highest BCUT2D eigenvalue weighted by Crippen LogP contribution is 2.16. The van der Waals surface area contributed by atoms with Gasteiger partial charge in [-0.2, -0.15) is 5.10 Å². The van der Waals surface area contributed by atoms with Crippen molar-refractivity contribution >= 4 is 23.6 Å². The largest absolute Gasteiger partial charge is 0.346 e. The molecule has 94 valence electrons.